The molecule has 0 aromatic heterocycles. The Hall–Kier alpha value is -1.12. The Morgan fingerprint density at radius 2 is 2.40 bits per heavy atom. The van der Waals surface area contributed by atoms with Gasteiger partial charge in [-0.3, -0.25) is 0 Å². The van der Waals surface area contributed by atoms with Gasteiger partial charge in [0.2, 0.25) is 0 Å². The Morgan fingerprint density at radius 3 is 2.90 bits per heavy atom. The standard InChI is InChI=1S/C7H13N3/c1-5-3-4-6(8)7(9-2)10-5/h3-5,9-10H,8H2,1-2H3. The lowest BCUT2D eigenvalue weighted by atomic mass is 10.2. The molecule has 3 heteroatoms. The van der Waals surface area contributed by atoms with E-state index < -0.39 is 0 Å². The Morgan fingerprint density at radius 1 is 1.70 bits per heavy atom. The summed E-state index contributed by atoms with van der Waals surface area (Å²) in [5.41, 5.74) is 6.38. The van der Waals surface area contributed by atoms with Gasteiger partial charge in [0.1, 0.15) is 5.82 Å². The quantitative estimate of drug-likeness (QED) is 0.475. The number of nitrogens with two attached hydrogens (primary N) is 1. The normalized spacial score (nSPS) is 24.4. The third-order valence-electron chi connectivity index (χ3n) is 1.48. The second-order valence-corrected chi connectivity index (χ2v) is 2.37. The van der Waals surface area contributed by atoms with Crippen LogP contribution in [-0.4, -0.2) is 13.1 Å². The Labute approximate surface area is 61.0 Å². The monoisotopic (exact) mass is 139 g/mol. The lowest BCUT2D eigenvalue weighted by molar-refractivity contribution is 0.657. The van der Waals surface area contributed by atoms with Crippen LogP contribution < -0.4 is 16.4 Å². The van der Waals surface area contributed by atoms with Crippen LogP contribution in [0, 0.1) is 0 Å². The van der Waals surface area contributed by atoms with E-state index in [1.165, 1.54) is 0 Å². The fourth-order valence-electron chi connectivity index (χ4n) is 0.907. The molecule has 0 bridgehead atoms. The third kappa shape index (κ3) is 1.23. The van der Waals surface area contributed by atoms with E-state index >= 15 is 0 Å². The van der Waals surface area contributed by atoms with E-state index in [-0.39, 0.29) is 0 Å². The molecule has 1 aliphatic heterocycles. The zero-order chi connectivity index (χ0) is 7.56. The smallest absolute Gasteiger partial charge is 0.123 e. The first-order chi connectivity index (χ1) is 4.74. The van der Waals surface area contributed by atoms with Crippen LogP contribution in [0.5, 0.6) is 0 Å². The molecule has 4 N–H and O–H groups in total. The molecular formula is C7H13N3. The Kier molecular flexibility index (Phi) is 1.85. The maximum atomic E-state index is 5.62. The molecule has 0 saturated carbocycles. The van der Waals surface area contributed by atoms with E-state index in [1.54, 1.807) is 0 Å². The van der Waals surface area contributed by atoms with Crippen LogP contribution in [0.4, 0.5) is 0 Å². The minimum Gasteiger partial charge on any atom is -0.396 e. The molecule has 10 heavy (non-hydrogen) atoms. The van der Waals surface area contributed by atoms with Crippen LogP contribution in [0.2, 0.25) is 0 Å². The molecule has 0 aromatic rings. The highest BCUT2D eigenvalue weighted by Gasteiger charge is 2.06. The summed E-state index contributed by atoms with van der Waals surface area (Å²) >= 11 is 0. The molecule has 0 amide bonds. The van der Waals surface area contributed by atoms with Crippen molar-refractivity contribution in [2.24, 2.45) is 5.73 Å². The topological polar surface area (TPSA) is 50.1 Å². The molecule has 1 heterocycles. The summed E-state index contributed by atoms with van der Waals surface area (Å²) in [6.45, 7) is 2.07. The van der Waals surface area contributed by atoms with E-state index in [4.69, 9.17) is 5.73 Å². The Balaban J connectivity index is 2.74. The van der Waals surface area contributed by atoms with E-state index in [1.807, 2.05) is 19.2 Å². The first-order valence-electron chi connectivity index (χ1n) is 3.36. The molecule has 0 spiro atoms. The van der Waals surface area contributed by atoms with Gasteiger partial charge in [-0.1, -0.05) is 6.08 Å². The second-order valence-electron chi connectivity index (χ2n) is 2.37. The lowest BCUT2D eigenvalue weighted by Gasteiger charge is -2.19. The summed E-state index contributed by atoms with van der Waals surface area (Å²) < 4.78 is 0. The van der Waals surface area contributed by atoms with E-state index in [2.05, 4.69) is 17.6 Å². The van der Waals surface area contributed by atoms with Crippen LogP contribution in [0.15, 0.2) is 23.7 Å². The minimum absolute atomic E-state index is 0.370. The summed E-state index contributed by atoms with van der Waals surface area (Å²) in [6, 6.07) is 0.370. The van der Waals surface area contributed by atoms with Crippen LogP contribution in [0.1, 0.15) is 6.92 Å². The molecule has 0 aromatic carbocycles. The molecule has 0 fully saturated rings. The van der Waals surface area contributed by atoms with Gasteiger partial charge in [0.05, 0.1) is 5.70 Å². The van der Waals surface area contributed by atoms with Gasteiger partial charge in [-0.2, -0.15) is 0 Å². The van der Waals surface area contributed by atoms with Gasteiger partial charge >= 0.3 is 0 Å². The lowest BCUT2D eigenvalue weighted by Crippen LogP contribution is -2.35. The van der Waals surface area contributed by atoms with Crippen molar-refractivity contribution in [3.63, 3.8) is 0 Å². The summed E-state index contributed by atoms with van der Waals surface area (Å²) in [5, 5.41) is 6.15. The highest BCUT2D eigenvalue weighted by molar-refractivity contribution is 5.26. The minimum atomic E-state index is 0.370. The van der Waals surface area contributed by atoms with Crippen molar-refractivity contribution in [3.05, 3.63) is 23.7 Å². The molecule has 0 saturated heterocycles. The van der Waals surface area contributed by atoms with Crippen LogP contribution in [0.25, 0.3) is 0 Å². The molecule has 0 aliphatic carbocycles. The van der Waals surface area contributed by atoms with Gasteiger partial charge in [-0.25, -0.2) is 0 Å². The largest absolute Gasteiger partial charge is 0.396 e. The number of nitrogens with one attached hydrogen (secondary N) is 2. The number of hydrogen-bond donors (Lipinski definition) is 3. The summed E-state index contributed by atoms with van der Waals surface area (Å²) in [7, 11) is 1.85. The third-order valence-corrected chi connectivity index (χ3v) is 1.48. The van der Waals surface area contributed by atoms with Gasteiger partial charge in [0, 0.05) is 13.1 Å². The SMILES string of the molecule is CNC1=C(N)C=CC(C)N1. The number of allylic oxidation sites excluding steroid dienone is 1. The summed E-state index contributed by atoms with van der Waals surface area (Å²) in [5.74, 6) is 0.912. The first-order valence-corrected chi connectivity index (χ1v) is 3.36. The fourth-order valence-corrected chi connectivity index (χ4v) is 0.907. The van der Waals surface area contributed by atoms with Crippen molar-refractivity contribution in [2.75, 3.05) is 7.05 Å². The molecule has 1 atom stereocenters. The van der Waals surface area contributed by atoms with Gasteiger partial charge in [0.15, 0.2) is 0 Å². The average molecular weight is 139 g/mol. The molecule has 56 valence electrons. The summed E-state index contributed by atoms with van der Waals surface area (Å²) in [4.78, 5) is 0. The van der Waals surface area contributed by atoms with Gasteiger partial charge in [-0.15, -0.1) is 0 Å². The molecule has 0 radical (unpaired) electrons. The van der Waals surface area contributed by atoms with Crippen molar-refractivity contribution in [1.82, 2.24) is 10.6 Å². The second kappa shape index (κ2) is 2.64. The predicted octanol–water partition coefficient (Wildman–Crippen LogP) is -0.119. The fraction of sp³-hybridized carbons (Fsp3) is 0.429. The maximum absolute atomic E-state index is 5.62. The van der Waals surface area contributed by atoms with E-state index in [0.717, 1.165) is 11.5 Å². The molecular weight excluding hydrogens is 126 g/mol. The predicted molar refractivity (Wildman–Crippen MR) is 42.0 cm³/mol. The molecule has 3 nitrogen and oxygen atoms in total. The van der Waals surface area contributed by atoms with E-state index in [9.17, 15) is 0 Å². The number of hydrogen-bond acceptors (Lipinski definition) is 3. The van der Waals surface area contributed by atoms with Crippen LogP contribution >= 0.6 is 0 Å². The highest BCUT2D eigenvalue weighted by Crippen LogP contribution is 2.02. The molecule has 1 aliphatic rings. The maximum Gasteiger partial charge on any atom is 0.123 e. The average Bonchev–Trinajstić information content (AvgIpc) is 1.94. The van der Waals surface area contributed by atoms with Crippen molar-refractivity contribution < 1.29 is 0 Å². The molecule has 1 unspecified atom stereocenters. The van der Waals surface area contributed by atoms with Gasteiger partial charge < -0.3 is 16.4 Å². The van der Waals surface area contributed by atoms with Gasteiger partial charge in [-0.05, 0) is 13.0 Å². The van der Waals surface area contributed by atoms with Crippen LogP contribution in [0.3, 0.4) is 0 Å². The van der Waals surface area contributed by atoms with Gasteiger partial charge in [0.25, 0.3) is 0 Å². The first kappa shape index (κ1) is 6.99. The Bertz CT molecular complexity index is 181. The summed E-state index contributed by atoms with van der Waals surface area (Å²) in [6.07, 6.45) is 3.93. The number of rotatable bonds is 1. The zero-order valence-electron chi connectivity index (χ0n) is 6.31. The zero-order valence-corrected chi connectivity index (χ0v) is 6.31. The number of dihydropyridines is 1. The van der Waals surface area contributed by atoms with Crippen molar-refractivity contribution in [2.45, 2.75) is 13.0 Å². The highest BCUT2D eigenvalue weighted by atomic mass is 15.1. The van der Waals surface area contributed by atoms with Crippen molar-refractivity contribution >= 4 is 0 Å². The van der Waals surface area contributed by atoms with Crippen molar-refractivity contribution in [3.8, 4) is 0 Å². The van der Waals surface area contributed by atoms with E-state index in [0.29, 0.717) is 6.04 Å². The molecule has 1 rings (SSSR count). The van der Waals surface area contributed by atoms with Crippen LogP contribution in [-0.2, 0) is 0 Å². The van der Waals surface area contributed by atoms with Crippen molar-refractivity contribution in [1.29, 1.82) is 0 Å².